The molecule has 1 aromatic heterocycles. The molecule has 0 aliphatic carbocycles. The summed E-state index contributed by atoms with van der Waals surface area (Å²) < 4.78 is 28.5. The lowest BCUT2D eigenvalue weighted by atomic mass is 9.99. The van der Waals surface area contributed by atoms with Crippen molar-refractivity contribution in [2.24, 2.45) is 0 Å². The van der Waals surface area contributed by atoms with Crippen LogP contribution in [0.1, 0.15) is 57.2 Å². The Kier molecular flexibility index (Phi) is 5.99. The van der Waals surface area contributed by atoms with Crippen LogP contribution in [0, 0.1) is 6.92 Å². The zero-order chi connectivity index (χ0) is 19.7. The van der Waals surface area contributed by atoms with Gasteiger partial charge in [0.2, 0.25) is 10.0 Å². The van der Waals surface area contributed by atoms with E-state index in [4.69, 9.17) is 0 Å². The first-order valence-electron chi connectivity index (χ1n) is 9.41. The fourth-order valence-corrected chi connectivity index (χ4v) is 6.07. The molecule has 1 aliphatic heterocycles. The number of sulfonamides is 1. The number of benzene rings is 1. The van der Waals surface area contributed by atoms with Crippen LogP contribution in [-0.2, 0) is 10.0 Å². The minimum atomic E-state index is -3.54. The van der Waals surface area contributed by atoms with Crippen LogP contribution in [-0.4, -0.2) is 29.0 Å². The molecule has 4 nitrogen and oxygen atoms in total. The Morgan fingerprint density at radius 1 is 1.11 bits per heavy atom. The average molecular weight is 405 g/mol. The van der Waals surface area contributed by atoms with Crippen molar-refractivity contribution < 1.29 is 8.42 Å². The van der Waals surface area contributed by atoms with Gasteiger partial charge in [0.1, 0.15) is 5.03 Å². The molecule has 0 spiro atoms. The highest BCUT2D eigenvalue weighted by Gasteiger charge is 2.36. The highest BCUT2D eigenvalue weighted by molar-refractivity contribution is 8.00. The number of hydrogen-bond acceptors (Lipinski definition) is 4. The van der Waals surface area contributed by atoms with E-state index in [9.17, 15) is 8.42 Å². The molecule has 1 saturated heterocycles. The molecule has 0 saturated carbocycles. The lowest BCUT2D eigenvalue weighted by Crippen LogP contribution is -2.38. The third kappa shape index (κ3) is 4.73. The summed E-state index contributed by atoms with van der Waals surface area (Å²) in [4.78, 5) is 4.95. The van der Waals surface area contributed by atoms with Gasteiger partial charge in [-0.15, -0.1) is 11.8 Å². The van der Waals surface area contributed by atoms with Gasteiger partial charge in [-0.1, -0.05) is 51.0 Å². The third-order valence-corrected chi connectivity index (χ3v) is 7.71. The molecule has 0 amide bonds. The van der Waals surface area contributed by atoms with Crippen molar-refractivity contribution in [1.82, 2.24) is 9.29 Å². The fraction of sp³-hybridized carbons (Fsp3) is 0.476. The molecule has 1 aliphatic rings. The Bertz CT molecular complexity index is 887. The Morgan fingerprint density at radius 3 is 2.48 bits per heavy atom. The summed E-state index contributed by atoms with van der Waals surface area (Å²) >= 11 is 1.70. The van der Waals surface area contributed by atoms with Crippen LogP contribution in [0.3, 0.4) is 0 Å². The molecule has 0 radical (unpaired) electrons. The Balaban J connectivity index is 2.01. The van der Waals surface area contributed by atoms with Gasteiger partial charge in [-0.05, 0) is 38.0 Å². The number of piperidine rings is 1. The molecular formula is C21H28N2O2S2. The van der Waals surface area contributed by atoms with Crippen molar-refractivity contribution in [3.63, 3.8) is 0 Å². The minimum absolute atomic E-state index is 0.0123. The SMILES string of the molecule is Cc1ccc(S(=O)(=O)N2CCCC[C@H]2c2cccnc2SC(C)(C)C)cc1. The zero-order valence-corrected chi connectivity index (χ0v) is 18.1. The number of rotatable bonds is 4. The largest absolute Gasteiger partial charge is 0.250 e. The highest BCUT2D eigenvalue weighted by atomic mass is 32.2. The van der Waals surface area contributed by atoms with E-state index in [0.29, 0.717) is 11.4 Å². The molecule has 1 fully saturated rings. The van der Waals surface area contributed by atoms with Gasteiger partial charge in [0.15, 0.2) is 0 Å². The van der Waals surface area contributed by atoms with E-state index in [2.05, 4.69) is 25.8 Å². The van der Waals surface area contributed by atoms with Crippen molar-refractivity contribution in [2.45, 2.75) is 67.7 Å². The first kappa shape index (κ1) is 20.4. The van der Waals surface area contributed by atoms with E-state index in [1.807, 2.05) is 31.2 Å². The molecule has 0 bridgehead atoms. The summed E-state index contributed by atoms with van der Waals surface area (Å²) in [7, 11) is -3.54. The van der Waals surface area contributed by atoms with Crippen molar-refractivity contribution in [1.29, 1.82) is 0 Å². The maximum Gasteiger partial charge on any atom is 0.243 e. The number of nitrogens with zero attached hydrogens (tertiary/aromatic N) is 2. The van der Waals surface area contributed by atoms with Gasteiger partial charge in [0.25, 0.3) is 0 Å². The summed E-state index contributed by atoms with van der Waals surface area (Å²) in [6, 6.07) is 10.9. The number of thioether (sulfide) groups is 1. The topological polar surface area (TPSA) is 50.3 Å². The van der Waals surface area contributed by atoms with Gasteiger partial charge >= 0.3 is 0 Å². The Morgan fingerprint density at radius 2 is 1.81 bits per heavy atom. The first-order chi connectivity index (χ1) is 12.7. The average Bonchev–Trinajstić information content (AvgIpc) is 2.61. The van der Waals surface area contributed by atoms with E-state index in [1.54, 1.807) is 34.4 Å². The van der Waals surface area contributed by atoms with Gasteiger partial charge in [-0.3, -0.25) is 0 Å². The lowest BCUT2D eigenvalue weighted by molar-refractivity contribution is 0.252. The number of aromatic nitrogens is 1. The van der Waals surface area contributed by atoms with Crippen LogP contribution in [0.15, 0.2) is 52.5 Å². The van der Waals surface area contributed by atoms with E-state index in [-0.39, 0.29) is 10.8 Å². The molecule has 146 valence electrons. The van der Waals surface area contributed by atoms with Gasteiger partial charge < -0.3 is 0 Å². The van der Waals surface area contributed by atoms with Crippen LogP contribution in [0.4, 0.5) is 0 Å². The number of aryl methyl sites for hydroxylation is 1. The van der Waals surface area contributed by atoms with E-state index in [1.165, 1.54) is 0 Å². The third-order valence-electron chi connectivity index (χ3n) is 4.64. The summed E-state index contributed by atoms with van der Waals surface area (Å²) in [6.45, 7) is 8.97. The molecule has 6 heteroatoms. The second-order valence-electron chi connectivity index (χ2n) is 8.05. The fourth-order valence-electron chi connectivity index (χ4n) is 3.38. The second kappa shape index (κ2) is 7.94. The van der Waals surface area contributed by atoms with Crippen LogP contribution in [0.2, 0.25) is 0 Å². The lowest BCUT2D eigenvalue weighted by Gasteiger charge is -2.36. The number of hydrogen-bond donors (Lipinski definition) is 0. The molecule has 27 heavy (non-hydrogen) atoms. The first-order valence-corrected chi connectivity index (χ1v) is 11.7. The summed E-state index contributed by atoms with van der Waals surface area (Å²) in [5.41, 5.74) is 2.08. The Hall–Kier alpha value is -1.37. The summed E-state index contributed by atoms with van der Waals surface area (Å²) in [5, 5.41) is 0.931. The summed E-state index contributed by atoms with van der Waals surface area (Å²) in [6.07, 6.45) is 4.54. The van der Waals surface area contributed by atoms with Crippen LogP contribution < -0.4 is 0 Å². The number of pyridine rings is 1. The van der Waals surface area contributed by atoms with Crippen molar-refractivity contribution in [2.75, 3.05) is 6.54 Å². The van der Waals surface area contributed by atoms with Gasteiger partial charge in [0.05, 0.1) is 10.9 Å². The van der Waals surface area contributed by atoms with Gasteiger partial charge in [-0.25, -0.2) is 13.4 Å². The standard InChI is InChI=1S/C21H28N2O2S2/c1-16-10-12-17(13-11-16)27(24,25)23-15-6-5-9-19(23)18-8-7-14-22-20(18)26-21(2,3)4/h7-8,10-14,19H,5-6,9,15H2,1-4H3/t19-/m0/s1. The van der Waals surface area contributed by atoms with Gasteiger partial charge in [0, 0.05) is 23.1 Å². The molecule has 2 aromatic rings. The molecule has 0 N–H and O–H groups in total. The normalized spacial score (nSPS) is 19.2. The van der Waals surface area contributed by atoms with Crippen LogP contribution in [0.25, 0.3) is 0 Å². The predicted molar refractivity (Wildman–Crippen MR) is 112 cm³/mol. The molecular weight excluding hydrogens is 376 g/mol. The van der Waals surface area contributed by atoms with Crippen molar-refractivity contribution in [3.05, 3.63) is 53.7 Å². The maximum absolute atomic E-state index is 13.4. The van der Waals surface area contributed by atoms with Crippen molar-refractivity contribution >= 4 is 21.8 Å². The monoisotopic (exact) mass is 404 g/mol. The van der Waals surface area contributed by atoms with Crippen molar-refractivity contribution in [3.8, 4) is 0 Å². The smallest absolute Gasteiger partial charge is 0.243 e. The van der Waals surface area contributed by atoms with E-state index < -0.39 is 10.0 Å². The molecule has 0 unspecified atom stereocenters. The predicted octanol–water partition coefficient (Wildman–Crippen LogP) is 5.20. The van der Waals surface area contributed by atoms with E-state index >= 15 is 0 Å². The minimum Gasteiger partial charge on any atom is -0.250 e. The molecule has 2 heterocycles. The van der Waals surface area contributed by atoms with Gasteiger partial charge in [-0.2, -0.15) is 4.31 Å². The molecule has 1 atom stereocenters. The zero-order valence-electron chi connectivity index (χ0n) is 16.5. The Labute approximate surface area is 167 Å². The molecule has 3 rings (SSSR count). The van der Waals surface area contributed by atoms with Crippen LogP contribution >= 0.6 is 11.8 Å². The maximum atomic E-state index is 13.4. The summed E-state index contributed by atoms with van der Waals surface area (Å²) in [5.74, 6) is 0. The highest BCUT2D eigenvalue weighted by Crippen LogP contribution is 2.41. The molecule has 1 aromatic carbocycles. The quantitative estimate of drug-likeness (QED) is 0.658. The second-order valence-corrected chi connectivity index (χ2v) is 11.8. The van der Waals surface area contributed by atoms with Crippen LogP contribution in [0.5, 0.6) is 0 Å². The van der Waals surface area contributed by atoms with E-state index in [0.717, 1.165) is 35.4 Å².